The van der Waals surface area contributed by atoms with Gasteiger partial charge in [-0.25, -0.2) is 4.39 Å². The number of halogens is 1. The molecule has 0 aliphatic carbocycles. The van der Waals surface area contributed by atoms with Crippen molar-refractivity contribution in [1.29, 1.82) is 0 Å². The molecule has 0 radical (unpaired) electrons. The maximum Gasteiger partial charge on any atom is 0.123 e. The SMILES string of the molecule is CN(Cc1ccncc1)C(CO)c1cccc(F)c1. The lowest BCUT2D eigenvalue weighted by atomic mass is 10.1. The van der Waals surface area contributed by atoms with Gasteiger partial charge in [-0.2, -0.15) is 0 Å². The molecule has 1 heterocycles. The van der Waals surface area contributed by atoms with Crippen LogP contribution in [-0.2, 0) is 6.54 Å². The molecule has 0 saturated heterocycles. The van der Waals surface area contributed by atoms with Crippen LogP contribution < -0.4 is 0 Å². The third kappa shape index (κ3) is 3.59. The molecule has 0 spiro atoms. The molecular weight excluding hydrogens is 243 g/mol. The highest BCUT2D eigenvalue weighted by molar-refractivity contribution is 5.21. The summed E-state index contributed by atoms with van der Waals surface area (Å²) in [5.74, 6) is -0.284. The Bertz CT molecular complexity index is 519. The monoisotopic (exact) mass is 260 g/mol. The van der Waals surface area contributed by atoms with Crippen molar-refractivity contribution in [2.45, 2.75) is 12.6 Å². The summed E-state index contributed by atoms with van der Waals surface area (Å²) in [6.45, 7) is 0.620. The van der Waals surface area contributed by atoms with Gasteiger partial charge in [0.25, 0.3) is 0 Å². The van der Waals surface area contributed by atoms with Gasteiger partial charge in [0.1, 0.15) is 5.82 Å². The first kappa shape index (κ1) is 13.6. The second-order valence-corrected chi connectivity index (χ2v) is 4.52. The van der Waals surface area contributed by atoms with E-state index >= 15 is 0 Å². The van der Waals surface area contributed by atoms with Gasteiger partial charge in [-0.1, -0.05) is 12.1 Å². The number of benzene rings is 1. The highest BCUT2D eigenvalue weighted by Gasteiger charge is 2.16. The zero-order valence-corrected chi connectivity index (χ0v) is 10.8. The van der Waals surface area contributed by atoms with Crippen molar-refractivity contribution in [1.82, 2.24) is 9.88 Å². The Hall–Kier alpha value is -1.78. The summed E-state index contributed by atoms with van der Waals surface area (Å²) in [4.78, 5) is 5.96. The number of nitrogens with zero attached hydrogens (tertiary/aromatic N) is 2. The fraction of sp³-hybridized carbons (Fsp3) is 0.267. The Kier molecular flexibility index (Phi) is 4.60. The van der Waals surface area contributed by atoms with Crippen molar-refractivity contribution >= 4 is 0 Å². The zero-order valence-electron chi connectivity index (χ0n) is 10.8. The molecule has 1 aromatic heterocycles. The van der Waals surface area contributed by atoms with Gasteiger partial charge in [0.2, 0.25) is 0 Å². The Balaban J connectivity index is 2.13. The van der Waals surface area contributed by atoms with Gasteiger partial charge in [0.15, 0.2) is 0 Å². The van der Waals surface area contributed by atoms with Gasteiger partial charge >= 0.3 is 0 Å². The summed E-state index contributed by atoms with van der Waals surface area (Å²) < 4.78 is 13.2. The van der Waals surface area contributed by atoms with Crippen LogP contribution in [0.1, 0.15) is 17.2 Å². The number of hydrogen-bond acceptors (Lipinski definition) is 3. The summed E-state index contributed by atoms with van der Waals surface area (Å²) in [5.41, 5.74) is 1.88. The van der Waals surface area contributed by atoms with Gasteiger partial charge in [0.05, 0.1) is 12.6 Å². The van der Waals surface area contributed by atoms with Crippen molar-refractivity contribution in [2.24, 2.45) is 0 Å². The number of aromatic nitrogens is 1. The van der Waals surface area contributed by atoms with Gasteiger partial charge < -0.3 is 5.11 Å². The standard InChI is InChI=1S/C15H17FN2O/c1-18(10-12-5-7-17-8-6-12)15(11-19)13-3-2-4-14(16)9-13/h2-9,15,19H,10-11H2,1H3. The normalized spacial score (nSPS) is 12.6. The van der Waals surface area contributed by atoms with Gasteiger partial charge in [-0.05, 0) is 42.4 Å². The molecule has 0 fully saturated rings. The van der Waals surface area contributed by atoms with E-state index < -0.39 is 0 Å². The fourth-order valence-corrected chi connectivity index (χ4v) is 2.10. The van der Waals surface area contributed by atoms with Crippen LogP contribution in [0.4, 0.5) is 4.39 Å². The third-order valence-corrected chi connectivity index (χ3v) is 3.12. The van der Waals surface area contributed by atoms with Crippen LogP contribution in [0.2, 0.25) is 0 Å². The Morgan fingerprint density at radius 3 is 2.63 bits per heavy atom. The topological polar surface area (TPSA) is 36.4 Å². The van der Waals surface area contributed by atoms with Crippen LogP contribution in [0.25, 0.3) is 0 Å². The molecule has 100 valence electrons. The van der Waals surface area contributed by atoms with E-state index in [-0.39, 0.29) is 18.5 Å². The first-order chi connectivity index (χ1) is 9.20. The number of hydrogen-bond donors (Lipinski definition) is 1. The minimum Gasteiger partial charge on any atom is -0.394 e. The van der Waals surface area contributed by atoms with Gasteiger partial charge in [0, 0.05) is 18.9 Å². The summed E-state index contributed by atoms with van der Waals surface area (Å²) in [5, 5.41) is 9.54. The zero-order chi connectivity index (χ0) is 13.7. The quantitative estimate of drug-likeness (QED) is 0.896. The molecule has 0 aliphatic rings. The predicted octanol–water partition coefficient (Wildman–Crippen LogP) is 2.39. The van der Waals surface area contributed by atoms with Gasteiger partial charge in [-0.3, -0.25) is 9.88 Å². The van der Waals surface area contributed by atoms with Crippen LogP contribution >= 0.6 is 0 Å². The van der Waals surface area contributed by atoms with E-state index in [0.29, 0.717) is 6.54 Å². The van der Waals surface area contributed by atoms with Crippen LogP contribution in [0, 0.1) is 5.82 Å². The molecule has 2 aromatic rings. The third-order valence-electron chi connectivity index (χ3n) is 3.12. The largest absolute Gasteiger partial charge is 0.394 e. The average Bonchev–Trinajstić information content (AvgIpc) is 2.41. The van der Waals surface area contributed by atoms with E-state index in [0.717, 1.165) is 11.1 Å². The van der Waals surface area contributed by atoms with Crippen LogP contribution in [0.3, 0.4) is 0 Å². The summed E-state index contributed by atoms with van der Waals surface area (Å²) >= 11 is 0. The van der Waals surface area contributed by atoms with E-state index in [2.05, 4.69) is 4.98 Å². The molecule has 2 rings (SSSR count). The van der Waals surface area contributed by atoms with E-state index in [1.54, 1.807) is 18.5 Å². The van der Waals surface area contributed by atoms with Crippen molar-refractivity contribution in [3.05, 3.63) is 65.7 Å². The van der Waals surface area contributed by atoms with E-state index in [1.165, 1.54) is 12.1 Å². The molecule has 0 bridgehead atoms. The summed E-state index contributed by atoms with van der Waals surface area (Å²) in [6, 6.07) is 9.99. The van der Waals surface area contributed by atoms with E-state index in [4.69, 9.17) is 0 Å². The molecule has 1 unspecified atom stereocenters. The van der Waals surface area contributed by atoms with Gasteiger partial charge in [-0.15, -0.1) is 0 Å². The van der Waals surface area contributed by atoms with Crippen LogP contribution in [-0.4, -0.2) is 28.6 Å². The minimum absolute atomic E-state index is 0.0506. The van der Waals surface area contributed by atoms with E-state index in [9.17, 15) is 9.50 Å². The van der Waals surface area contributed by atoms with Crippen molar-refractivity contribution in [2.75, 3.05) is 13.7 Å². The van der Waals surface area contributed by atoms with Crippen molar-refractivity contribution < 1.29 is 9.50 Å². The Labute approximate surface area is 112 Å². The Morgan fingerprint density at radius 2 is 2.00 bits per heavy atom. The highest BCUT2D eigenvalue weighted by atomic mass is 19.1. The second-order valence-electron chi connectivity index (χ2n) is 4.52. The number of likely N-dealkylation sites (N-methyl/N-ethyl adjacent to an activating group) is 1. The molecule has 19 heavy (non-hydrogen) atoms. The molecule has 0 saturated carbocycles. The lowest BCUT2D eigenvalue weighted by molar-refractivity contribution is 0.142. The van der Waals surface area contributed by atoms with Crippen molar-refractivity contribution in [3.63, 3.8) is 0 Å². The maximum absolute atomic E-state index is 13.2. The first-order valence-corrected chi connectivity index (χ1v) is 6.16. The van der Waals surface area contributed by atoms with Crippen LogP contribution in [0.5, 0.6) is 0 Å². The molecule has 1 atom stereocenters. The summed E-state index contributed by atoms with van der Waals surface area (Å²) in [6.07, 6.45) is 3.47. The second kappa shape index (κ2) is 6.41. The molecule has 1 aromatic carbocycles. The lowest BCUT2D eigenvalue weighted by Gasteiger charge is -2.26. The Morgan fingerprint density at radius 1 is 1.26 bits per heavy atom. The van der Waals surface area contributed by atoms with Crippen molar-refractivity contribution in [3.8, 4) is 0 Å². The molecule has 0 amide bonds. The molecule has 4 heteroatoms. The highest BCUT2D eigenvalue weighted by Crippen LogP contribution is 2.21. The minimum atomic E-state index is -0.284. The molecule has 3 nitrogen and oxygen atoms in total. The lowest BCUT2D eigenvalue weighted by Crippen LogP contribution is -2.27. The van der Waals surface area contributed by atoms with Crippen LogP contribution in [0.15, 0.2) is 48.8 Å². The molecular formula is C15H17FN2O. The van der Waals surface area contributed by atoms with E-state index in [1.807, 2.05) is 30.1 Å². The average molecular weight is 260 g/mol. The number of rotatable bonds is 5. The maximum atomic E-state index is 13.2. The first-order valence-electron chi connectivity index (χ1n) is 6.16. The summed E-state index contributed by atoms with van der Waals surface area (Å²) in [7, 11) is 1.91. The smallest absolute Gasteiger partial charge is 0.123 e. The predicted molar refractivity (Wildman–Crippen MR) is 71.9 cm³/mol. The molecule has 1 N–H and O–H groups in total. The number of pyridine rings is 1. The molecule has 0 aliphatic heterocycles. The number of aliphatic hydroxyl groups is 1. The number of aliphatic hydroxyl groups excluding tert-OH is 1. The fourth-order valence-electron chi connectivity index (χ4n) is 2.10.